The number of hydrogen-bond acceptors (Lipinski definition) is 0. The lowest BCUT2D eigenvalue weighted by Gasteiger charge is -2.02. The van der Waals surface area contributed by atoms with Gasteiger partial charge in [-0.25, -0.2) is 0 Å². The SMILES string of the molecule is CCC[Si]C(C)CC. The minimum atomic E-state index is 0.981. The van der Waals surface area contributed by atoms with Crippen molar-refractivity contribution in [1.29, 1.82) is 0 Å². The van der Waals surface area contributed by atoms with Crippen LogP contribution in [0.25, 0.3) is 0 Å². The first-order valence-electron chi connectivity index (χ1n) is 3.54. The molecule has 0 aliphatic heterocycles. The maximum atomic E-state index is 2.34. The topological polar surface area (TPSA) is 0 Å². The normalized spacial score (nSPS) is 13.9. The quantitative estimate of drug-likeness (QED) is 0.511. The van der Waals surface area contributed by atoms with Crippen LogP contribution in [-0.4, -0.2) is 9.52 Å². The second-order valence-corrected chi connectivity index (χ2v) is 4.16. The lowest BCUT2D eigenvalue weighted by atomic mass is 10.4. The third-order valence-electron chi connectivity index (χ3n) is 1.36. The molecule has 2 radical (unpaired) electrons. The zero-order chi connectivity index (χ0) is 6.41. The van der Waals surface area contributed by atoms with Crippen LogP contribution < -0.4 is 0 Å². The predicted octanol–water partition coefficient (Wildman–Crippen LogP) is 2.74. The van der Waals surface area contributed by atoms with E-state index in [4.69, 9.17) is 0 Å². The van der Waals surface area contributed by atoms with Gasteiger partial charge in [0, 0.05) is 9.52 Å². The van der Waals surface area contributed by atoms with Crippen LogP contribution in [0, 0.1) is 0 Å². The summed E-state index contributed by atoms with van der Waals surface area (Å²) in [5.41, 5.74) is 0.981. The first-order chi connectivity index (χ1) is 3.81. The zero-order valence-corrected chi connectivity index (χ0v) is 7.20. The Morgan fingerprint density at radius 2 is 2.00 bits per heavy atom. The van der Waals surface area contributed by atoms with E-state index in [1.165, 1.54) is 28.4 Å². The van der Waals surface area contributed by atoms with Gasteiger partial charge in [-0.2, -0.15) is 0 Å². The molecule has 0 N–H and O–H groups in total. The van der Waals surface area contributed by atoms with Crippen LogP contribution in [0.15, 0.2) is 0 Å². The second kappa shape index (κ2) is 5.36. The third kappa shape index (κ3) is 4.38. The molecule has 0 aromatic heterocycles. The maximum absolute atomic E-state index is 2.34. The first kappa shape index (κ1) is 8.22. The molecular formula is C7H16Si. The molecule has 0 bridgehead atoms. The first-order valence-corrected chi connectivity index (χ1v) is 4.83. The monoisotopic (exact) mass is 128 g/mol. The molecule has 0 aromatic carbocycles. The van der Waals surface area contributed by atoms with E-state index in [9.17, 15) is 0 Å². The molecule has 0 nitrogen and oxygen atoms in total. The van der Waals surface area contributed by atoms with E-state index in [1.54, 1.807) is 0 Å². The molecule has 0 aliphatic carbocycles. The Bertz CT molecular complexity index is 43.7. The van der Waals surface area contributed by atoms with Crippen LogP contribution in [0.2, 0.25) is 11.6 Å². The van der Waals surface area contributed by atoms with E-state index < -0.39 is 0 Å². The number of rotatable bonds is 4. The highest BCUT2D eigenvalue weighted by Gasteiger charge is 1.96. The molecule has 1 heteroatoms. The van der Waals surface area contributed by atoms with Crippen molar-refractivity contribution in [3.8, 4) is 0 Å². The fraction of sp³-hybridized carbons (Fsp3) is 1.00. The summed E-state index contributed by atoms with van der Waals surface area (Å²) in [6.07, 6.45) is 2.72. The summed E-state index contributed by atoms with van der Waals surface area (Å²) in [5, 5.41) is 0. The Hall–Kier alpha value is 0.217. The van der Waals surface area contributed by atoms with Crippen LogP contribution in [-0.2, 0) is 0 Å². The van der Waals surface area contributed by atoms with Gasteiger partial charge in [0.25, 0.3) is 0 Å². The van der Waals surface area contributed by atoms with E-state index >= 15 is 0 Å². The molecule has 0 saturated heterocycles. The molecule has 8 heavy (non-hydrogen) atoms. The average Bonchev–Trinajstić information content (AvgIpc) is 1.83. The molecule has 0 saturated carbocycles. The third-order valence-corrected chi connectivity index (χ3v) is 3.25. The van der Waals surface area contributed by atoms with Gasteiger partial charge in [0.1, 0.15) is 0 Å². The van der Waals surface area contributed by atoms with Crippen LogP contribution in [0.3, 0.4) is 0 Å². The van der Waals surface area contributed by atoms with Crippen molar-refractivity contribution in [1.82, 2.24) is 0 Å². The van der Waals surface area contributed by atoms with Gasteiger partial charge in [-0.15, -0.1) is 0 Å². The molecule has 0 rings (SSSR count). The van der Waals surface area contributed by atoms with Crippen molar-refractivity contribution in [2.75, 3.05) is 0 Å². The summed E-state index contributed by atoms with van der Waals surface area (Å²) >= 11 is 0. The molecule has 0 spiro atoms. The van der Waals surface area contributed by atoms with E-state index in [0.717, 1.165) is 5.54 Å². The van der Waals surface area contributed by atoms with Gasteiger partial charge in [0.2, 0.25) is 0 Å². The summed E-state index contributed by atoms with van der Waals surface area (Å²) < 4.78 is 0. The highest BCUT2D eigenvalue weighted by Crippen LogP contribution is 2.08. The summed E-state index contributed by atoms with van der Waals surface area (Å²) in [6, 6.07) is 1.44. The van der Waals surface area contributed by atoms with Gasteiger partial charge in [-0.05, 0) is 0 Å². The molecule has 0 heterocycles. The van der Waals surface area contributed by atoms with Gasteiger partial charge in [-0.1, -0.05) is 45.2 Å². The molecule has 0 fully saturated rings. The van der Waals surface area contributed by atoms with Crippen molar-refractivity contribution in [3.63, 3.8) is 0 Å². The van der Waals surface area contributed by atoms with E-state index in [1.807, 2.05) is 0 Å². The number of hydrogen-bond donors (Lipinski definition) is 0. The van der Waals surface area contributed by atoms with Crippen LogP contribution in [0.4, 0.5) is 0 Å². The van der Waals surface area contributed by atoms with Gasteiger partial charge in [-0.3, -0.25) is 0 Å². The van der Waals surface area contributed by atoms with Crippen LogP contribution in [0.5, 0.6) is 0 Å². The Balaban J connectivity index is 2.86. The molecule has 0 aliphatic rings. The largest absolute Gasteiger partial charge is 0.0657 e. The van der Waals surface area contributed by atoms with Gasteiger partial charge in [0.15, 0.2) is 0 Å². The second-order valence-electron chi connectivity index (χ2n) is 2.26. The zero-order valence-electron chi connectivity index (χ0n) is 6.20. The summed E-state index contributed by atoms with van der Waals surface area (Å²) in [7, 11) is 1.21. The predicted molar refractivity (Wildman–Crippen MR) is 40.6 cm³/mol. The van der Waals surface area contributed by atoms with Gasteiger partial charge < -0.3 is 0 Å². The summed E-state index contributed by atoms with van der Waals surface area (Å²) in [4.78, 5) is 0. The van der Waals surface area contributed by atoms with Crippen molar-refractivity contribution >= 4 is 9.52 Å². The van der Waals surface area contributed by atoms with Crippen molar-refractivity contribution in [3.05, 3.63) is 0 Å². The minimum Gasteiger partial charge on any atom is -0.0657 e. The molecule has 48 valence electrons. The average molecular weight is 128 g/mol. The Morgan fingerprint density at radius 3 is 2.38 bits per heavy atom. The highest BCUT2D eigenvalue weighted by molar-refractivity contribution is 6.37. The summed E-state index contributed by atoms with van der Waals surface area (Å²) in [6.45, 7) is 6.87. The lowest BCUT2D eigenvalue weighted by molar-refractivity contribution is 0.857. The lowest BCUT2D eigenvalue weighted by Crippen LogP contribution is -1.95. The minimum absolute atomic E-state index is 0.981. The molecule has 1 atom stereocenters. The van der Waals surface area contributed by atoms with Crippen molar-refractivity contribution < 1.29 is 0 Å². The standard InChI is InChI=1S/C7H16Si/c1-4-6-8-7(3)5-2/h7H,4-6H2,1-3H3. The Morgan fingerprint density at radius 1 is 1.38 bits per heavy atom. The van der Waals surface area contributed by atoms with Gasteiger partial charge >= 0.3 is 0 Å². The van der Waals surface area contributed by atoms with E-state index in [0.29, 0.717) is 0 Å². The Kier molecular flexibility index (Phi) is 5.50. The highest BCUT2D eigenvalue weighted by atomic mass is 28.2. The van der Waals surface area contributed by atoms with E-state index in [-0.39, 0.29) is 0 Å². The maximum Gasteiger partial charge on any atom is 0.0410 e. The van der Waals surface area contributed by atoms with Crippen molar-refractivity contribution in [2.24, 2.45) is 0 Å². The summed E-state index contributed by atoms with van der Waals surface area (Å²) in [5.74, 6) is 0. The van der Waals surface area contributed by atoms with Crippen molar-refractivity contribution in [2.45, 2.75) is 45.2 Å². The Labute approximate surface area is 55.5 Å². The fourth-order valence-electron chi connectivity index (χ4n) is 0.535. The smallest absolute Gasteiger partial charge is 0.0410 e. The van der Waals surface area contributed by atoms with Gasteiger partial charge in [0.05, 0.1) is 0 Å². The molecule has 1 unspecified atom stereocenters. The molecule has 0 aromatic rings. The van der Waals surface area contributed by atoms with E-state index in [2.05, 4.69) is 20.8 Å². The van der Waals surface area contributed by atoms with Crippen LogP contribution in [0.1, 0.15) is 33.6 Å². The molecule has 0 amide bonds. The molecular weight excluding hydrogens is 112 g/mol. The fourth-order valence-corrected chi connectivity index (χ4v) is 1.61. The van der Waals surface area contributed by atoms with Crippen LogP contribution >= 0.6 is 0 Å².